The minimum Gasteiger partial charge on any atom is -0.379 e. The van der Waals surface area contributed by atoms with Gasteiger partial charge in [0.25, 0.3) is 0 Å². The number of morpholine rings is 1. The Morgan fingerprint density at radius 2 is 1.84 bits per heavy atom. The Balaban J connectivity index is 1.42. The third-order valence-electron chi connectivity index (χ3n) is 5.67. The van der Waals surface area contributed by atoms with E-state index in [2.05, 4.69) is 38.6 Å². The van der Waals surface area contributed by atoms with Gasteiger partial charge in [0.2, 0.25) is 0 Å². The highest BCUT2D eigenvalue weighted by Gasteiger charge is 2.16. The lowest BCUT2D eigenvalue weighted by Gasteiger charge is -2.26. The van der Waals surface area contributed by atoms with E-state index in [0.717, 1.165) is 43.9 Å². The van der Waals surface area contributed by atoms with Crippen molar-refractivity contribution in [2.45, 2.75) is 6.54 Å². The van der Waals surface area contributed by atoms with Crippen LogP contribution >= 0.6 is 0 Å². The molecule has 1 aliphatic rings. The molecule has 1 saturated heterocycles. The van der Waals surface area contributed by atoms with Crippen LogP contribution in [0.2, 0.25) is 0 Å². The van der Waals surface area contributed by atoms with Crippen LogP contribution in [0, 0.1) is 11.6 Å². The number of hydrogen-bond acceptors (Lipinski definition) is 4. The van der Waals surface area contributed by atoms with Crippen LogP contribution in [0.1, 0.15) is 17.0 Å². The van der Waals surface area contributed by atoms with E-state index >= 15 is 0 Å². The molecule has 0 atom stereocenters. The number of halogens is 2. The Bertz CT molecular complexity index is 1270. The Labute approximate surface area is 184 Å². The van der Waals surface area contributed by atoms with E-state index in [1.165, 1.54) is 30.0 Å². The number of aromatic amines is 1. The number of nitrogens with zero attached hydrogens (tertiary/aromatic N) is 3. The molecular formula is C25H22F2N4O. The molecule has 3 heterocycles. The molecule has 1 aliphatic heterocycles. The van der Waals surface area contributed by atoms with Gasteiger partial charge in [-0.05, 0) is 47.5 Å². The third-order valence-corrected chi connectivity index (χ3v) is 5.67. The van der Waals surface area contributed by atoms with Crippen molar-refractivity contribution in [3.63, 3.8) is 0 Å². The summed E-state index contributed by atoms with van der Waals surface area (Å²) in [5.74, 6) is -0.705. The van der Waals surface area contributed by atoms with Gasteiger partial charge in [0.05, 0.1) is 35.5 Å². The predicted octanol–water partition coefficient (Wildman–Crippen LogP) is 4.80. The minimum absolute atomic E-state index is 0.153. The summed E-state index contributed by atoms with van der Waals surface area (Å²) in [6.45, 7) is 8.40. The van der Waals surface area contributed by atoms with Crippen molar-refractivity contribution in [1.29, 1.82) is 0 Å². The van der Waals surface area contributed by atoms with Gasteiger partial charge < -0.3 is 9.72 Å². The Kier molecular flexibility index (Phi) is 5.51. The van der Waals surface area contributed by atoms with Gasteiger partial charge in [0, 0.05) is 31.4 Å². The van der Waals surface area contributed by atoms with Gasteiger partial charge in [-0.1, -0.05) is 18.7 Å². The smallest absolute Gasteiger partial charge is 0.138 e. The van der Waals surface area contributed by atoms with Crippen LogP contribution in [0.15, 0.2) is 61.3 Å². The Morgan fingerprint density at radius 3 is 2.62 bits per heavy atom. The summed E-state index contributed by atoms with van der Waals surface area (Å²) in [5.41, 5.74) is 4.31. The second kappa shape index (κ2) is 8.61. The third kappa shape index (κ3) is 4.04. The van der Waals surface area contributed by atoms with E-state index < -0.39 is 11.6 Å². The van der Waals surface area contributed by atoms with Crippen LogP contribution in [0.25, 0.3) is 27.9 Å². The standard InChI is InChI=1S/C25H22F2N4O/c1-16(18-7-8-28-23(14-18)24-19(26)3-2-4-20(24)27)25-29-21-6-5-17(13-22(21)30-25)15-31-9-11-32-12-10-31/h2-8,13-14H,1,9-12,15H2,(H,29,30). The van der Waals surface area contributed by atoms with Crippen LogP contribution in [0.5, 0.6) is 0 Å². The van der Waals surface area contributed by atoms with Gasteiger partial charge in [-0.15, -0.1) is 0 Å². The number of imidazole rings is 1. The van der Waals surface area contributed by atoms with Gasteiger partial charge in [-0.25, -0.2) is 13.8 Å². The zero-order valence-electron chi connectivity index (χ0n) is 17.4. The maximum atomic E-state index is 14.2. The van der Waals surface area contributed by atoms with E-state index in [-0.39, 0.29) is 11.3 Å². The molecule has 5 nitrogen and oxygen atoms in total. The van der Waals surface area contributed by atoms with Crippen molar-refractivity contribution < 1.29 is 13.5 Å². The molecule has 0 spiro atoms. The lowest BCUT2D eigenvalue weighted by Crippen LogP contribution is -2.35. The summed E-state index contributed by atoms with van der Waals surface area (Å²) >= 11 is 0. The topological polar surface area (TPSA) is 54.0 Å². The fourth-order valence-electron chi connectivity index (χ4n) is 3.95. The molecule has 7 heteroatoms. The predicted molar refractivity (Wildman–Crippen MR) is 120 cm³/mol. The quantitative estimate of drug-likeness (QED) is 0.492. The maximum absolute atomic E-state index is 14.2. The fraction of sp³-hybridized carbons (Fsp3) is 0.200. The van der Waals surface area contributed by atoms with E-state index in [0.29, 0.717) is 17.0 Å². The normalized spacial score (nSPS) is 14.7. The first kappa shape index (κ1) is 20.5. The second-order valence-electron chi connectivity index (χ2n) is 7.83. The zero-order chi connectivity index (χ0) is 22.1. The summed E-state index contributed by atoms with van der Waals surface area (Å²) in [7, 11) is 0. The lowest BCUT2D eigenvalue weighted by atomic mass is 10.0. The summed E-state index contributed by atoms with van der Waals surface area (Å²) in [5, 5.41) is 0. The van der Waals surface area contributed by atoms with Crippen molar-refractivity contribution in [3.8, 4) is 11.3 Å². The number of nitrogens with one attached hydrogen (secondary N) is 1. The number of hydrogen-bond donors (Lipinski definition) is 1. The molecule has 0 bridgehead atoms. The number of benzene rings is 2. The van der Waals surface area contributed by atoms with Gasteiger partial charge in [0.1, 0.15) is 17.5 Å². The average Bonchev–Trinajstić information content (AvgIpc) is 3.23. The number of pyridine rings is 1. The molecule has 0 unspecified atom stereocenters. The van der Waals surface area contributed by atoms with Gasteiger partial charge in [-0.3, -0.25) is 9.88 Å². The molecule has 162 valence electrons. The van der Waals surface area contributed by atoms with E-state index in [4.69, 9.17) is 4.74 Å². The molecule has 1 N–H and O–H groups in total. The summed E-state index contributed by atoms with van der Waals surface area (Å²) in [4.78, 5) is 14.5. The molecule has 0 radical (unpaired) electrons. The molecule has 4 aromatic rings. The molecule has 1 fully saturated rings. The minimum atomic E-state index is -0.656. The molecule has 0 aliphatic carbocycles. The highest BCUT2D eigenvalue weighted by atomic mass is 19.1. The molecular weight excluding hydrogens is 410 g/mol. The number of rotatable bonds is 5. The van der Waals surface area contributed by atoms with E-state index in [1.54, 1.807) is 12.1 Å². The first-order valence-electron chi connectivity index (χ1n) is 10.5. The van der Waals surface area contributed by atoms with E-state index in [9.17, 15) is 8.78 Å². The monoisotopic (exact) mass is 432 g/mol. The van der Waals surface area contributed by atoms with Gasteiger partial charge in [-0.2, -0.15) is 0 Å². The summed E-state index contributed by atoms with van der Waals surface area (Å²) in [6.07, 6.45) is 1.52. The number of fused-ring (bicyclic) bond motifs is 1. The Hall–Kier alpha value is -3.42. The second-order valence-corrected chi connectivity index (χ2v) is 7.83. The fourth-order valence-corrected chi connectivity index (χ4v) is 3.95. The largest absolute Gasteiger partial charge is 0.379 e. The lowest BCUT2D eigenvalue weighted by molar-refractivity contribution is 0.0342. The zero-order valence-corrected chi connectivity index (χ0v) is 17.4. The van der Waals surface area contributed by atoms with Gasteiger partial charge in [0.15, 0.2) is 0 Å². The van der Waals surface area contributed by atoms with Crippen molar-refractivity contribution >= 4 is 16.6 Å². The molecule has 0 saturated carbocycles. The highest BCUT2D eigenvalue weighted by Crippen LogP contribution is 2.28. The van der Waals surface area contributed by atoms with Crippen molar-refractivity contribution in [2.24, 2.45) is 0 Å². The first-order valence-corrected chi connectivity index (χ1v) is 10.5. The molecule has 32 heavy (non-hydrogen) atoms. The SMILES string of the molecule is C=C(c1ccnc(-c2c(F)cccc2F)c1)c1nc2ccc(CN3CCOCC3)cc2[nH]1. The number of aromatic nitrogens is 3. The van der Waals surface area contributed by atoms with Crippen LogP contribution in [0.4, 0.5) is 8.78 Å². The van der Waals surface area contributed by atoms with Crippen molar-refractivity contribution in [1.82, 2.24) is 19.9 Å². The summed E-state index contributed by atoms with van der Waals surface area (Å²) < 4.78 is 33.8. The van der Waals surface area contributed by atoms with Crippen molar-refractivity contribution in [2.75, 3.05) is 26.3 Å². The highest BCUT2D eigenvalue weighted by molar-refractivity contribution is 5.83. The molecule has 5 rings (SSSR count). The number of ether oxygens (including phenoxy) is 1. The van der Waals surface area contributed by atoms with Gasteiger partial charge >= 0.3 is 0 Å². The van der Waals surface area contributed by atoms with Crippen LogP contribution in [-0.4, -0.2) is 46.2 Å². The van der Waals surface area contributed by atoms with Crippen LogP contribution in [-0.2, 0) is 11.3 Å². The average molecular weight is 432 g/mol. The summed E-state index contributed by atoms with van der Waals surface area (Å²) in [6, 6.07) is 13.3. The first-order chi connectivity index (χ1) is 15.6. The number of H-pyrrole nitrogens is 1. The Morgan fingerprint density at radius 1 is 1.06 bits per heavy atom. The van der Waals surface area contributed by atoms with Crippen molar-refractivity contribution in [3.05, 3.63) is 89.9 Å². The van der Waals surface area contributed by atoms with E-state index in [1.807, 2.05) is 6.07 Å². The van der Waals surface area contributed by atoms with Crippen LogP contribution in [0.3, 0.4) is 0 Å². The maximum Gasteiger partial charge on any atom is 0.138 e. The molecule has 2 aromatic heterocycles. The molecule has 2 aromatic carbocycles. The van der Waals surface area contributed by atoms with Crippen LogP contribution < -0.4 is 0 Å². The molecule has 0 amide bonds.